The molecule has 150 valence electrons. The Morgan fingerprint density at radius 1 is 1.04 bits per heavy atom. The summed E-state index contributed by atoms with van der Waals surface area (Å²) >= 11 is 0. The van der Waals surface area contributed by atoms with E-state index in [1.165, 1.54) is 32.1 Å². The normalized spacial score (nSPS) is 33.1. The number of nitrogens with two attached hydrogens (primary N) is 1. The summed E-state index contributed by atoms with van der Waals surface area (Å²) in [6.45, 7) is 1.75. The molecule has 1 atom stereocenters. The highest BCUT2D eigenvalue weighted by Crippen LogP contribution is 2.55. The SMILES string of the molecule is COc1c(OC2C3CC4CC(C3)CC2C4)ccc2cc(C(C)(N)CO)ccc12. The van der Waals surface area contributed by atoms with E-state index in [2.05, 4.69) is 6.07 Å². The Kier molecular flexibility index (Phi) is 4.33. The van der Waals surface area contributed by atoms with Gasteiger partial charge in [-0.05, 0) is 85.8 Å². The van der Waals surface area contributed by atoms with Crippen LogP contribution >= 0.6 is 0 Å². The summed E-state index contributed by atoms with van der Waals surface area (Å²) in [4.78, 5) is 0. The Morgan fingerprint density at radius 2 is 1.71 bits per heavy atom. The van der Waals surface area contributed by atoms with Crippen molar-refractivity contribution in [2.75, 3.05) is 13.7 Å². The first-order valence-electron chi connectivity index (χ1n) is 10.7. The van der Waals surface area contributed by atoms with E-state index in [1.54, 1.807) is 7.11 Å². The number of methoxy groups -OCH3 is 1. The molecule has 0 spiro atoms. The van der Waals surface area contributed by atoms with Gasteiger partial charge in [-0.15, -0.1) is 0 Å². The van der Waals surface area contributed by atoms with E-state index in [4.69, 9.17) is 15.2 Å². The van der Waals surface area contributed by atoms with Gasteiger partial charge in [0.2, 0.25) is 0 Å². The molecule has 4 heteroatoms. The fourth-order valence-corrected chi connectivity index (χ4v) is 6.25. The molecule has 3 N–H and O–H groups in total. The maximum absolute atomic E-state index is 9.58. The van der Waals surface area contributed by atoms with Crippen molar-refractivity contribution in [2.45, 2.75) is 50.7 Å². The summed E-state index contributed by atoms with van der Waals surface area (Å²) in [5.74, 6) is 4.97. The van der Waals surface area contributed by atoms with Gasteiger partial charge < -0.3 is 20.3 Å². The highest BCUT2D eigenvalue weighted by Gasteiger charge is 2.49. The zero-order valence-corrected chi connectivity index (χ0v) is 16.9. The number of rotatable bonds is 5. The molecule has 2 aromatic carbocycles. The minimum Gasteiger partial charge on any atom is -0.492 e. The van der Waals surface area contributed by atoms with Gasteiger partial charge in [-0.2, -0.15) is 0 Å². The zero-order valence-electron chi connectivity index (χ0n) is 16.9. The first-order chi connectivity index (χ1) is 13.5. The molecule has 0 saturated heterocycles. The fourth-order valence-electron chi connectivity index (χ4n) is 6.25. The Morgan fingerprint density at radius 3 is 2.32 bits per heavy atom. The van der Waals surface area contributed by atoms with E-state index in [1.807, 2.05) is 31.2 Å². The van der Waals surface area contributed by atoms with Gasteiger partial charge >= 0.3 is 0 Å². The van der Waals surface area contributed by atoms with Gasteiger partial charge in [0.15, 0.2) is 11.5 Å². The molecular formula is C24H31NO3. The molecular weight excluding hydrogens is 350 g/mol. The number of hydrogen-bond donors (Lipinski definition) is 2. The van der Waals surface area contributed by atoms with Gasteiger partial charge in [0, 0.05) is 5.39 Å². The summed E-state index contributed by atoms with van der Waals surface area (Å²) in [5, 5.41) is 11.7. The molecule has 28 heavy (non-hydrogen) atoms. The van der Waals surface area contributed by atoms with Crippen LogP contribution in [0.5, 0.6) is 11.5 Å². The second-order valence-corrected chi connectivity index (χ2v) is 9.62. The lowest BCUT2D eigenvalue weighted by atomic mass is 9.55. The maximum atomic E-state index is 9.58. The van der Waals surface area contributed by atoms with Crippen molar-refractivity contribution in [1.29, 1.82) is 0 Å². The summed E-state index contributed by atoms with van der Waals surface area (Å²) in [6, 6.07) is 10.2. The molecule has 6 rings (SSSR count). The fraction of sp³-hybridized carbons (Fsp3) is 0.583. The Hall–Kier alpha value is -1.78. The summed E-state index contributed by atoms with van der Waals surface area (Å²) in [6.07, 6.45) is 7.15. The zero-order chi connectivity index (χ0) is 19.5. The van der Waals surface area contributed by atoms with Gasteiger partial charge in [0.25, 0.3) is 0 Å². The molecule has 0 amide bonds. The Balaban J connectivity index is 1.47. The largest absolute Gasteiger partial charge is 0.492 e. The molecule has 4 saturated carbocycles. The van der Waals surface area contributed by atoms with Gasteiger partial charge in [0.1, 0.15) is 6.10 Å². The first kappa shape index (κ1) is 18.3. The number of benzene rings is 2. The lowest BCUT2D eigenvalue weighted by molar-refractivity contribution is -0.0795. The van der Waals surface area contributed by atoms with Crippen molar-refractivity contribution in [3.8, 4) is 11.5 Å². The van der Waals surface area contributed by atoms with Crippen LogP contribution in [0.15, 0.2) is 30.3 Å². The molecule has 0 radical (unpaired) electrons. The summed E-state index contributed by atoms with van der Waals surface area (Å²) < 4.78 is 12.4. The van der Waals surface area contributed by atoms with Crippen molar-refractivity contribution in [3.05, 3.63) is 35.9 Å². The van der Waals surface area contributed by atoms with Gasteiger partial charge in [-0.3, -0.25) is 0 Å². The predicted octanol–water partition coefficient (Wildman–Crippen LogP) is 4.22. The quantitative estimate of drug-likeness (QED) is 0.814. The number of aliphatic hydroxyl groups is 1. The van der Waals surface area contributed by atoms with Crippen LogP contribution in [0.3, 0.4) is 0 Å². The summed E-state index contributed by atoms with van der Waals surface area (Å²) in [7, 11) is 1.72. The Labute approximate surface area is 167 Å². The second kappa shape index (κ2) is 6.64. The topological polar surface area (TPSA) is 64.7 Å². The van der Waals surface area contributed by atoms with Crippen LogP contribution in [0.1, 0.15) is 44.6 Å². The number of hydrogen-bond acceptors (Lipinski definition) is 4. The van der Waals surface area contributed by atoms with Crippen molar-refractivity contribution in [1.82, 2.24) is 0 Å². The Bertz CT molecular complexity index is 863. The molecule has 0 aromatic heterocycles. The third kappa shape index (κ3) is 2.89. The predicted molar refractivity (Wildman–Crippen MR) is 111 cm³/mol. The molecule has 0 heterocycles. The van der Waals surface area contributed by atoms with Crippen molar-refractivity contribution < 1.29 is 14.6 Å². The number of ether oxygens (including phenoxy) is 2. The molecule has 4 bridgehead atoms. The lowest BCUT2D eigenvalue weighted by Crippen LogP contribution is -2.50. The van der Waals surface area contributed by atoms with Crippen LogP contribution in [0.25, 0.3) is 10.8 Å². The first-order valence-corrected chi connectivity index (χ1v) is 10.7. The van der Waals surface area contributed by atoms with Gasteiger partial charge in [-0.1, -0.05) is 18.2 Å². The molecule has 4 aliphatic rings. The van der Waals surface area contributed by atoms with Crippen LogP contribution in [-0.4, -0.2) is 24.9 Å². The van der Waals surface area contributed by atoms with Gasteiger partial charge in [0.05, 0.1) is 19.3 Å². The molecule has 1 unspecified atom stereocenters. The number of fused-ring (bicyclic) bond motifs is 1. The van der Waals surface area contributed by atoms with E-state index < -0.39 is 5.54 Å². The summed E-state index contributed by atoms with van der Waals surface area (Å²) in [5.41, 5.74) is 6.38. The highest BCUT2D eigenvalue weighted by atomic mass is 16.5. The van der Waals surface area contributed by atoms with Crippen LogP contribution in [-0.2, 0) is 5.54 Å². The smallest absolute Gasteiger partial charge is 0.168 e. The molecule has 4 aliphatic carbocycles. The monoisotopic (exact) mass is 381 g/mol. The van der Waals surface area contributed by atoms with Crippen molar-refractivity contribution in [2.24, 2.45) is 29.4 Å². The van der Waals surface area contributed by atoms with E-state index in [0.717, 1.165) is 39.7 Å². The molecule has 2 aromatic rings. The molecule has 4 fully saturated rings. The highest BCUT2D eigenvalue weighted by molar-refractivity contribution is 5.91. The second-order valence-electron chi connectivity index (χ2n) is 9.62. The van der Waals surface area contributed by atoms with E-state index >= 15 is 0 Å². The van der Waals surface area contributed by atoms with Crippen molar-refractivity contribution in [3.63, 3.8) is 0 Å². The average molecular weight is 382 g/mol. The average Bonchev–Trinajstić information content (AvgIpc) is 2.69. The van der Waals surface area contributed by atoms with Crippen LogP contribution in [0, 0.1) is 23.7 Å². The van der Waals surface area contributed by atoms with E-state index in [0.29, 0.717) is 17.9 Å². The number of aliphatic hydroxyl groups excluding tert-OH is 1. The third-order valence-electron chi connectivity index (χ3n) is 7.53. The third-order valence-corrected chi connectivity index (χ3v) is 7.53. The minimum atomic E-state index is -0.753. The lowest BCUT2D eigenvalue weighted by Gasteiger charge is -2.53. The van der Waals surface area contributed by atoms with E-state index in [-0.39, 0.29) is 6.61 Å². The van der Waals surface area contributed by atoms with Crippen LogP contribution in [0.2, 0.25) is 0 Å². The van der Waals surface area contributed by atoms with Gasteiger partial charge in [-0.25, -0.2) is 0 Å². The standard InChI is InChI=1S/C24H31NO3/c1-24(25,13-26)19-4-5-20-16(12-19)3-6-21(23(20)27-2)28-22-17-8-14-7-15(10-17)11-18(22)9-14/h3-6,12,14-15,17-18,22,26H,7-11,13,25H2,1-2H3. The van der Waals surface area contributed by atoms with Crippen molar-refractivity contribution >= 4 is 10.8 Å². The maximum Gasteiger partial charge on any atom is 0.168 e. The molecule has 4 nitrogen and oxygen atoms in total. The van der Waals surface area contributed by atoms with Crippen LogP contribution in [0.4, 0.5) is 0 Å². The van der Waals surface area contributed by atoms with E-state index in [9.17, 15) is 5.11 Å². The van der Waals surface area contributed by atoms with Crippen LogP contribution < -0.4 is 15.2 Å². The molecule has 0 aliphatic heterocycles. The minimum absolute atomic E-state index is 0.0940.